The topological polar surface area (TPSA) is 79.7 Å². The van der Waals surface area contributed by atoms with E-state index in [2.05, 4.69) is 29.0 Å². The highest BCUT2D eigenvalue weighted by Crippen LogP contribution is 2.24. The Kier molecular flexibility index (Phi) is 5.00. The molecule has 0 radical (unpaired) electrons. The molecule has 1 heterocycles. The highest BCUT2D eigenvalue weighted by atomic mass is 16.4. The Bertz CT molecular complexity index is 448. The lowest BCUT2D eigenvalue weighted by Gasteiger charge is -2.27. The van der Waals surface area contributed by atoms with Gasteiger partial charge in [-0.15, -0.1) is 0 Å². The third kappa shape index (κ3) is 3.72. The molecule has 1 fully saturated rings. The molecule has 0 amide bonds. The van der Waals surface area contributed by atoms with Crippen molar-refractivity contribution in [1.29, 1.82) is 0 Å². The summed E-state index contributed by atoms with van der Waals surface area (Å²) in [5, 5.41) is 16.5. The fourth-order valence-corrected chi connectivity index (χ4v) is 2.78. The number of nitrogens with zero attached hydrogens (tertiary/aromatic N) is 4. The molecule has 0 aromatic carbocycles. The van der Waals surface area contributed by atoms with Gasteiger partial charge in [0.1, 0.15) is 0 Å². The highest BCUT2D eigenvalue weighted by molar-refractivity contribution is 5.81. The van der Waals surface area contributed by atoms with Gasteiger partial charge in [-0.2, -0.15) is 5.10 Å². The van der Waals surface area contributed by atoms with E-state index in [1.807, 2.05) is 16.9 Å². The Balaban J connectivity index is 2.05. The smallest absolute Gasteiger partial charge is 0.153 e. The molecule has 3 N–H and O–H groups in total. The van der Waals surface area contributed by atoms with Gasteiger partial charge >= 0.3 is 0 Å². The summed E-state index contributed by atoms with van der Waals surface area (Å²) < 4.78 is 1.96. The Morgan fingerprint density at radius 2 is 2.25 bits per heavy atom. The van der Waals surface area contributed by atoms with Crippen LogP contribution in [0.4, 0.5) is 0 Å². The van der Waals surface area contributed by atoms with Crippen LogP contribution in [0.15, 0.2) is 17.4 Å². The van der Waals surface area contributed by atoms with Crippen LogP contribution in [0.5, 0.6) is 0 Å². The fourth-order valence-electron chi connectivity index (χ4n) is 2.78. The van der Waals surface area contributed by atoms with Gasteiger partial charge < -0.3 is 10.9 Å². The largest absolute Gasteiger partial charge is 0.409 e. The van der Waals surface area contributed by atoms with Crippen molar-refractivity contribution >= 4 is 5.84 Å². The number of hydrogen-bond acceptors (Lipinski definition) is 4. The van der Waals surface area contributed by atoms with Gasteiger partial charge in [-0.25, -0.2) is 0 Å². The van der Waals surface area contributed by atoms with E-state index >= 15 is 0 Å². The van der Waals surface area contributed by atoms with Crippen LogP contribution in [0.25, 0.3) is 0 Å². The summed E-state index contributed by atoms with van der Waals surface area (Å²) in [5.74, 6) is 0.264. The minimum absolute atomic E-state index is 0.264. The number of nitrogens with two attached hydrogens (primary N) is 1. The first-order chi connectivity index (χ1) is 9.60. The van der Waals surface area contributed by atoms with Gasteiger partial charge in [0.2, 0.25) is 0 Å². The normalized spacial score (nSPS) is 17.5. The SMILES string of the molecule is CC(C)n1ccc(CN(CC(N)=NO)C2CCCC2)n1. The van der Waals surface area contributed by atoms with Crippen molar-refractivity contribution in [2.75, 3.05) is 6.54 Å². The number of hydrogen-bond donors (Lipinski definition) is 2. The summed E-state index contributed by atoms with van der Waals surface area (Å²) >= 11 is 0. The molecule has 1 aliphatic carbocycles. The molecule has 0 spiro atoms. The van der Waals surface area contributed by atoms with Crippen LogP contribution < -0.4 is 5.73 Å². The number of oxime groups is 1. The maximum Gasteiger partial charge on any atom is 0.153 e. The Morgan fingerprint density at radius 1 is 1.55 bits per heavy atom. The molecular formula is C14H25N5O. The summed E-state index contributed by atoms with van der Waals surface area (Å²) in [6.45, 7) is 5.47. The van der Waals surface area contributed by atoms with Crippen LogP contribution in [0, 0.1) is 0 Å². The molecule has 6 heteroatoms. The molecule has 1 aromatic heterocycles. The van der Waals surface area contributed by atoms with E-state index in [4.69, 9.17) is 10.9 Å². The van der Waals surface area contributed by atoms with Crippen LogP contribution in [0.3, 0.4) is 0 Å². The minimum Gasteiger partial charge on any atom is -0.409 e. The summed E-state index contributed by atoms with van der Waals surface area (Å²) in [6, 6.07) is 2.93. The van der Waals surface area contributed by atoms with Crippen molar-refractivity contribution in [2.45, 2.75) is 58.2 Å². The third-order valence-corrected chi connectivity index (χ3v) is 3.89. The molecule has 0 unspecified atom stereocenters. The van der Waals surface area contributed by atoms with E-state index in [-0.39, 0.29) is 5.84 Å². The molecule has 0 atom stereocenters. The number of aromatic nitrogens is 2. The summed E-state index contributed by atoms with van der Waals surface area (Å²) in [7, 11) is 0. The van der Waals surface area contributed by atoms with Gasteiger partial charge in [-0.3, -0.25) is 9.58 Å². The van der Waals surface area contributed by atoms with Crippen molar-refractivity contribution in [3.63, 3.8) is 0 Å². The first-order valence-corrected chi connectivity index (χ1v) is 7.34. The molecule has 6 nitrogen and oxygen atoms in total. The predicted molar refractivity (Wildman–Crippen MR) is 78.7 cm³/mol. The zero-order valence-electron chi connectivity index (χ0n) is 12.4. The van der Waals surface area contributed by atoms with Crippen LogP contribution >= 0.6 is 0 Å². The summed E-state index contributed by atoms with van der Waals surface area (Å²) in [5.41, 5.74) is 6.72. The zero-order chi connectivity index (χ0) is 14.5. The molecule has 0 bridgehead atoms. The Morgan fingerprint density at radius 3 is 2.80 bits per heavy atom. The van der Waals surface area contributed by atoms with Crippen molar-refractivity contribution in [3.8, 4) is 0 Å². The van der Waals surface area contributed by atoms with E-state index in [1.54, 1.807) is 0 Å². The maximum absolute atomic E-state index is 8.79. The molecule has 20 heavy (non-hydrogen) atoms. The van der Waals surface area contributed by atoms with E-state index < -0.39 is 0 Å². The first-order valence-electron chi connectivity index (χ1n) is 7.34. The predicted octanol–water partition coefficient (Wildman–Crippen LogP) is 1.95. The summed E-state index contributed by atoms with van der Waals surface area (Å²) in [4.78, 5) is 2.27. The first kappa shape index (κ1) is 14.8. The highest BCUT2D eigenvalue weighted by Gasteiger charge is 2.24. The molecule has 2 rings (SSSR count). The molecule has 112 valence electrons. The minimum atomic E-state index is 0.264. The van der Waals surface area contributed by atoms with E-state index in [1.165, 1.54) is 25.7 Å². The zero-order valence-corrected chi connectivity index (χ0v) is 12.4. The quantitative estimate of drug-likeness (QED) is 0.361. The lowest BCUT2D eigenvalue weighted by molar-refractivity contribution is 0.211. The lowest BCUT2D eigenvalue weighted by atomic mass is 10.2. The third-order valence-electron chi connectivity index (χ3n) is 3.89. The van der Waals surface area contributed by atoms with Crippen molar-refractivity contribution in [1.82, 2.24) is 14.7 Å². The molecule has 1 aromatic rings. The number of amidine groups is 1. The average molecular weight is 279 g/mol. The second-order valence-electron chi connectivity index (χ2n) is 5.82. The van der Waals surface area contributed by atoms with Crippen molar-refractivity contribution < 1.29 is 5.21 Å². The Hall–Kier alpha value is -1.56. The molecular weight excluding hydrogens is 254 g/mol. The van der Waals surface area contributed by atoms with Crippen LogP contribution in [0.1, 0.15) is 51.3 Å². The molecule has 1 saturated carbocycles. The van der Waals surface area contributed by atoms with Gasteiger partial charge in [0.15, 0.2) is 5.84 Å². The van der Waals surface area contributed by atoms with E-state index in [0.717, 1.165) is 12.2 Å². The van der Waals surface area contributed by atoms with Gasteiger partial charge in [-0.1, -0.05) is 18.0 Å². The monoisotopic (exact) mass is 279 g/mol. The number of rotatable bonds is 6. The van der Waals surface area contributed by atoms with Gasteiger partial charge in [0, 0.05) is 24.8 Å². The van der Waals surface area contributed by atoms with Gasteiger partial charge in [-0.05, 0) is 32.8 Å². The second-order valence-corrected chi connectivity index (χ2v) is 5.82. The van der Waals surface area contributed by atoms with Crippen LogP contribution in [0.2, 0.25) is 0 Å². The molecule has 1 aliphatic rings. The molecule has 0 saturated heterocycles. The standard InChI is InChI=1S/C14H25N5O/c1-11(2)19-8-7-12(16-19)9-18(10-14(15)17-20)13-5-3-4-6-13/h7-8,11,13,20H,3-6,9-10H2,1-2H3,(H2,15,17). The van der Waals surface area contributed by atoms with E-state index in [0.29, 0.717) is 18.6 Å². The average Bonchev–Trinajstić information content (AvgIpc) is 3.08. The molecule has 0 aliphatic heterocycles. The van der Waals surface area contributed by atoms with Crippen LogP contribution in [-0.2, 0) is 6.54 Å². The van der Waals surface area contributed by atoms with Crippen LogP contribution in [-0.4, -0.2) is 38.3 Å². The second kappa shape index (κ2) is 6.74. The van der Waals surface area contributed by atoms with Gasteiger partial charge in [0.05, 0.1) is 12.2 Å². The van der Waals surface area contributed by atoms with Crippen molar-refractivity contribution in [3.05, 3.63) is 18.0 Å². The fraction of sp³-hybridized carbons (Fsp3) is 0.714. The van der Waals surface area contributed by atoms with Gasteiger partial charge in [0.25, 0.3) is 0 Å². The summed E-state index contributed by atoms with van der Waals surface area (Å²) in [6.07, 6.45) is 6.90. The Labute approximate surface area is 120 Å². The van der Waals surface area contributed by atoms with Crippen molar-refractivity contribution in [2.24, 2.45) is 10.9 Å². The maximum atomic E-state index is 8.79. The van der Waals surface area contributed by atoms with E-state index in [9.17, 15) is 0 Å². The lowest BCUT2D eigenvalue weighted by Crippen LogP contribution is -2.39.